The molecule has 2 aliphatic rings. The summed E-state index contributed by atoms with van der Waals surface area (Å²) in [5.74, 6) is 1.13. The molecule has 0 saturated carbocycles. The predicted molar refractivity (Wildman–Crippen MR) is 92.7 cm³/mol. The number of hydrogen-bond acceptors (Lipinski definition) is 2. The minimum atomic E-state index is -4.45. The van der Waals surface area contributed by atoms with E-state index in [1.165, 1.54) is 11.6 Å². The zero-order valence-electron chi connectivity index (χ0n) is 14.3. The van der Waals surface area contributed by atoms with Crippen LogP contribution in [0, 0.1) is 0 Å². The number of halogens is 3. The summed E-state index contributed by atoms with van der Waals surface area (Å²) in [5.41, 5.74) is 2.36. The molecule has 2 heterocycles. The van der Waals surface area contributed by atoms with E-state index < -0.39 is 17.6 Å². The average molecular weight is 361 g/mol. The molecule has 0 bridgehead atoms. The van der Waals surface area contributed by atoms with E-state index in [1.54, 1.807) is 6.08 Å². The minimum absolute atomic E-state index is 0.215. The van der Waals surface area contributed by atoms with E-state index in [2.05, 4.69) is 5.32 Å². The fourth-order valence-corrected chi connectivity index (χ4v) is 3.80. The molecule has 1 aromatic heterocycles. The van der Waals surface area contributed by atoms with Gasteiger partial charge in [-0.2, -0.15) is 13.2 Å². The quantitative estimate of drug-likeness (QED) is 0.744. The van der Waals surface area contributed by atoms with E-state index in [-0.39, 0.29) is 11.1 Å². The number of furan rings is 1. The number of nitrogens with one attached hydrogen (secondary N) is 1. The Labute approximate surface area is 148 Å². The van der Waals surface area contributed by atoms with Crippen LogP contribution in [0.2, 0.25) is 0 Å². The molecule has 1 aliphatic heterocycles. The molecule has 0 saturated heterocycles. The Hall–Kier alpha value is -2.50. The second-order valence-electron chi connectivity index (χ2n) is 6.68. The molecule has 6 heteroatoms. The summed E-state index contributed by atoms with van der Waals surface area (Å²) >= 11 is 0. The predicted octanol–water partition coefficient (Wildman–Crippen LogP) is 5.23. The second kappa shape index (κ2) is 6.04. The molecular formula is C20H18F3NO2. The maximum atomic E-state index is 13.0. The van der Waals surface area contributed by atoms with Gasteiger partial charge in [0.1, 0.15) is 11.5 Å². The van der Waals surface area contributed by atoms with E-state index in [4.69, 9.17) is 4.42 Å². The van der Waals surface area contributed by atoms with Crippen LogP contribution in [0.5, 0.6) is 0 Å². The first kappa shape index (κ1) is 16.9. The first-order valence-corrected chi connectivity index (χ1v) is 8.76. The van der Waals surface area contributed by atoms with Crippen molar-refractivity contribution in [2.24, 2.45) is 0 Å². The molecule has 0 spiro atoms. The lowest BCUT2D eigenvalue weighted by Crippen LogP contribution is -2.04. The molecule has 1 N–H and O–H groups in total. The molecule has 0 unspecified atom stereocenters. The van der Waals surface area contributed by atoms with Crippen LogP contribution in [0.15, 0.2) is 22.6 Å². The monoisotopic (exact) mass is 361 g/mol. The van der Waals surface area contributed by atoms with E-state index >= 15 is 0 Å². The van der Waals surface area contributed by atoms with Gasteiger partial charge in [-0.3, -0.25) is 4.79 Å². The van der Waals surface area contributed by atoms with Crippen LogP contribution in [0.4, 0.5) is 18.9 Å². The third-order valence-electron chi connectivity index (χ3n) is 5.07. The lowest BCUT2D eigenvalue weighted by molar-refractivity contribution is -0.137. The number of carbonyl (C=O) groups is 1. The fourth-order valence-electron chi connectivity index (χ4n) is 3.80. The van der Waals surface area contributed by atoms with Gasteiger partial charge in [-0.25, -0.2) is 0 Å². The Balaban J connectivity index is 1.83. The van der Waals surface area contributed by atoms with E-state index in [0.717, 1.165) is 55.6 Å². The van der Waals surface area contributed by atoms with Gasteiger partial charge < -0.3 is 9.73 Å². The molecule has 0 radical (unpaired) electrons. The van der Waals surface area contributed by atoms with Crippen molar-refractivity contribution in [1.82, 2.24) is 0 Å². The zero-order valence-corrected chi connectivity index (χ0v) is 14.3. The normalized spacial score (nSPS) is 18.0. The van der Waals surface area contributed by atoms with Gasteiger partial charge in [0.25, 0.3) is 5.91 Å². The highest BCUT2D eigenvalue weighted by atomic mass is 19.4. The number of rotatable bonds is 2. The lowest BCUT2D eigenvalue weighted by Gasteiger charge is -2.09. The molecule has 1 amide bonds. The summed E-state index contributed by atoms with van der Waals surface area (Å²) in [7, 11) is 0. The number of hydrogen-bond donors (Lipinski definition) is 1. The summed E-state index contributed by atoms with van der Waals surface area (Å²) in [4.78, 5) is 12.3. The number of alkyl halides is 3. The Bertz CT molecular complexity index is 922. The molecule has 136 valence electrons. The summed E-state index contributed by atoms with van der Waals surface area (Å²) in [6.07, 6.45) is 1.89. The maximum Gasteiger partial charge on any atom is 0.416 e. The Kier molecular flexibility index (Phi) is 3.93. The second-order valence-corrected chi connectivity index (χ2v) is 6.68. The van der Waals surface area contributed by atoms with Crippen molar-refractivity contribution in [2.45, 2.75) is 45.2 Å². The first-order valence-electron chi connectivity index (χ1n) is 8.76. The number of aryl methyl sites for hydroxylation is 1. The third kappa shape index (κ3) is 2.73. The number of benzene rings is 1. The van der Waals surface area contributed by atoms with Crippen LogP contribution in [0.1, 0.15) is 53.5 Å². The SMILES string of the molecule is CCc1c(C=C2C(=O)Nc3ccc(C(F)(F)F)cc32)oc2c1CCCC2. The molecule has 26 heavy (non-hydrogen) atoms. The number of amides is 1. The summed E-state index contributed by atoms with van der Waals surface area (Å²) < 4.78 is 45.1. The fraction of sp³-hybridized carbons (Fsp3) is 0.350. The van der Waals surface area contributed by atoms with Crippen LogP contribution < -0.4 is 5.32 Å². The molecule has 3 nitrogen and oxygen atoms in total. The largest absolute Gasteiger partial charge is 0.461 e. The van der Waals surface area contributed by atoms with Crippen molar-refractivity contribution in [2.75, 3.05) is 5.32 Å². The van der Waals surface area contributed by atoms with Gasteiger partial charge in [0, 0.05) is 23.2 Å². The highest BCUT2D eigenvalue weighted by Crippen LogP contribution is 2.39. The van der Waals surface area contributed by atoms with Crippen LogP contribution in [0.25, 0.3) is 11.6 Å². The van der Waals surface area contributed by atoms with Gasteiger partial charge in [0.2, 0.25) is 0 Å². The molecule has 0 fully saturated rings. The lowest BCUT2D eigenvalue weighted by atomic mass is 9.93. The van der Waals surface area contributed by atoms with E-state index in [0.29, 0.717) is 11.4 Å². The minimum Gasteiger partial charge on any atom is -0.461 e. The highest BCUT2D eigenvalue weighted by molar-refractivity contribution is 6.34. The van der Waals surface area contributed by atoms with Crippen molar-refractivity contribution in [1.29, 1.82) is 0 Å². The Morgan fingerprint density at radius 2 is 2.00 bits per heavy atom. The van der Waals surface area contributed by atoms with E-state index in [1.807, 2.05) is 6.92 Å². The van der Waals surface area contributed by atoms with Gasteiger partial charge in [0.15, 0.2) is 0 Å². The summed E-state index contributed by atoms with van der Waals surface area (Å²) in [6.45, 7) is 2.02. The van der Waals surface area contributed by atoms with Gasteiger partial charge in [-0.05, 0) is 55.5 Å². The molecular weight excluding hydrogens is 343 g/mol. The van der Waals surface area contributed by atoms with Crippen LogP contribution in [-0.2, 0) is 30.2 Å². The smallest absolute Gasteiger partial charge is 0.416 e. The van der Waals surface area contributed by atoms with Gasteiger partial charge in [0.05, 0.1) is 11.1 Å². The molecule has 1 aliphatic carbocycles. The molecule has 4 rings (SSSR count). The van der Waals surface area contributed by atoms with Crippen molar-refractivity contribution in [3.63, 3.8) is 0 Å². The van der Waals surface area contributed by atoms with Crippen molar-refractivity contribution in [3.8, 4) is 0 Å². The number of fused-ring (bicyclic) bond motifs is 2. The number of carbonyl (C=O) groups excluding carboxylic acids is 1. The van der Waals surface area contributed by atoms with Crippen molar-refractivity contribution >= 4 is 23.2 Å². The Morgan fingerprint density at radius 3 is 2.73 bits per heavy atom. The van der Waals surface area contributed by atoms with Crippen LogP contribution in [-0.4, -0.2) is 5.91 Å². The topological polar surface area (TPSA) is 42.2 Å². The van der Waals surface area contributed by atoms with Gasteiger partial charge in [-0.1, -0.05) is 6.92 Å². The van der Waals surface area contributed by atoms with Crippen molar-refractivity contribution < 1.29 is 22.4 Å². The third-order valence-corrected chi connectivity index (χ3v) is 5.07. The molecule has 0 atom stereocenters. The standard InChI is InChI=1S/C20H18F3NO2/c1-2-12-13-5-3-4-6-17(13)26-18(12)10-15-14-9-11(20(21,22)23)7-8-16(14)24-19(15)25/h7-10H,2-6H2,1H3,(H,24,25). The Morgan fingerprint density at radius 1 is 1.23 bits per heavy atom. The van der Waals surface area contributed by atoms with Gasteiger partial charge >= 0.3 is 6.18 Å². The molecule has 2 aromatic rings. The van der Waals surface area contributed by atoms with Crippen LogP contribution in [0.3, 0.4) is 0 Å². The summed E-state index contributed by atoms with van der Waals surface area (Å²) in [6, 6.07) is 3.30. The molecule has 1 aromatic carbocycles. The van der Waals surface area contributed by atoms with Crippen molar-refractivity contribution in [3.05, 3.63) is 52.0 Å². The number of anilines is 1. The average Bonchev–Trinajstić information content (AvgIpc) is 3.11. The first-order chi connectivity index (χ1) is 12.4. The van der Waals surface area contributed by atoms with Gasteiger partial charge in [-0.15, -0.1) is 0 Å². The zero-order chi connectivity index (χ0) is 18.5. The van der Waals surface area contributed by atoms with Crippen LogP contribution >= 0.6 is 0 Å². The maximum absolute atomic E-state index is 13.0. The van der Waals surface area contributed by atoms with E-state index in [9.17, 15) is 18.0 Å². The highest BCUT2D eigenvalue weighted by Gasteiger charge is 2.34. The summed E-state index contributed by atoms with van der Waals surface area (Å²) in [5, 5.41) is 2.63.